The van der Waals surface area contributed by atoms with E-state index in [0.717, 1.165) is 34.4 Å². The van der Waals surface area contributed by atoms with E-state index >= 15 is 0 Å². The zero-order chi connectivity index (χ0) is 25.8. The van der Waals surface area contributed by atoms with Crippen LogP contribution in [-0.4, -0.2) is 40.6 Å². The lowest BCUT2D eigenvalue weighted by atomic mass is 10.1. The van der Waals surface area contributed by atoms with Gasteiger partial charge in [0, 0.05) is 22.9 Å². The van der Waals surface area contributed by atoms with E-state index in [9.17, 15) is 18.5 Å². The van der Waals surface area contributed by atoms with Crippen LogP contribution >= 0.6 is 11.5 Å². The Hall–Kier alpha value is -3.49. The van der Waals surface area contributed by atoms with Crippen LogP contribution in [0, 0.1) is 31.1 Å². The number of hydrogen-bond donors (Lipinski definition) is 1. The molecule has 0 bridgehead atoms. The average Bonchev–Trinajstić information content (AvgIpc) is 3.36. The molecule has 0 saturated heterocycles. The van der Waals surface area contributed by atoms with Crippen molar-refractivity contribution in [2.45, 2.75) is 39.8 Å². The second-order valence-electron chi connectivity index (χ2n) is 8.24. The lowest BCUT2D eigenvalue weighted by Crippen LogP contribution is -2.15. The number of amides is 1. The van der Waals surface area contributed by atoms with Gasteiger partial charge in [-0.15, -0.1) is 0 Å². The van der Waals surface area contributed by atoms with Crippen molar-refractivity contribution in [1.29, 1.82) is 5.26 Å². The van der Waals surface area contributed by atoms with E-state index in [0.29, 0.717) is 12.2 Å². The van der Waals surface area contributed by atoms with Gasteiger partial charge >= 0.3 is 0 Å². The van der Waals surface area contributed by atoms with Gasteiger partial charge in [-0.3, -0.25) is 10.1 Å². The van der Waals surface area contributed by atoms with Crippen LogP contribution in [0.5, 0.6) is 5.75 Å². The number of nitrogens with zero attached hydrogens (tertiary/aromatic N) is 4. The smallest absolute Gasteiger partial charge is 0.268 e. The Morgan fingerprint density at radius 2 is 2.03 bits per heavy atom. The molecule has 0 atom stereocenters. The fraction of sp³-hybridized carbons (Fsp3) is 0.333. The van der Waals surface area contributed by atoms with Crippen LogP contribution in [0.3, 0.4) is 0 Å². The van der Waals surface area contributed by atoms with Gasteiger partial charge in [0.1, 0.15) is 17.4 Å². The highest BCUT2D eigenvalue weighted by atomic mass is 32.2. The SMILES string of the molecule is CCOc1ccccc1-n1c(C)cc(/C=C(/C#N)C(=O)Nc2nc(S(=O)(=O)CC(C)C)ns2)c1C. The summed E-state index contributed by atoms with van der Waals surface area (Å²) in [7, 11) is -3.65. The standard InChI is InChI=1S/C24H27N5O4S2/c1-6-33-21-10-8-7-9-20(21)29-16(4)11-18(17(29)5)12-19(13-25)22(30)26-23-27-24(28-34-23)35(31,32)14-15(2)3/h7-12,15H,6,14H2,1-5H3,(H,26,27,28,30)/b19-12-. The van der Waals surface area contributed by atoms with E-state index in [1.807, 2.05) is 61.7 Å². The molecule has 0 spiro atoms. The number of sulfone groups is 1. The molecule has 2 heterocycles. The molecule has 2 aromatic heterocycles. The molecule has 11 heteroatoms. The van der Waals surface area contributed by atoms with E-state index in [-0.39, 0.29) is 27.5 Å². The number of carbonyl (C=O) groups is 1. The van der Waals surface area contributed by atoms with Crippen LogP contribution in [0.1, 0.15) is 37.7 Å². The molecule has 1 N–H and O–H groups in total. The van der Waals surface area contributed by atoms with Gasteiger partial charge in [-0.25, -0.2) is 8.42 Å². The second-order valence-corrected chi connectivity index (χ2v) is 10.9. The Morgan fingerprint density at radius 3 is 2.69 bits per heavy atom. The van der Waals surface area contributed by atoms with Gasteiger partial charge in [-0.2, -0.15) is 14.6 Å². The van der Waals surface area contributed by atoms with E-state index < -0.39 is 15.7 Å². The minimum absolute atomic E-state index is 0.00888. The first kappa shape index (κ1) is 26.1. The monoisotopic (exact) mass is 513 g/mol. The van der Waals surface area contributed by atoms with Gasteiger partial charge in [0.15, 0.2) is 0 Å². The maximum Gasteiger partial charge on any atom is 0.268 e. The maximum atomic E-state index is 12.8. The van der Waals surface area contributed by atoms with Crippen LogP contribution in [-0.2, 0) is 14.6 Å². The molecular weight excluding hydrogens is 486 g/mol. The van der Waals surface area contributed by atoms with E-state index in [4.69, 9.17) is 4.74 Å². The zero-order valence-electron chi connectivity index (χ0n) is 20.2. The number of anilines is 1. The minimum atomic E-state index is -3.65. The molecule has 3 aromatic rings. The highest BCUT2D eigenvalue weighted by Gasteiger charge is 2.23. The number of nitrogens with one attached hydrogen (secondary N) is 1. The highest BCUT2D eigenvalue weighted by molar-refractivity contribution is 7.91. The third-order valence-corrected chi connectivity index (χ3v) is 7.59. The molecule has 0 aliphatic carbocycles. The van der Waals surface area contributed by atoms with Crippen molar-refractivity contribution in [3.05, 3.63) is 52.9 Å². The molecular formula is C24H27N5O4S2. The molecule has 1 aromatic carbocycles. The molecule has 0 saturated carbocycles. The van der Waals surface area contributed by atoms with Crippen LogP contribution in [0.15, 0.2) is 41.1 Å². The van der Waals surface area contributed by atoms with Crippen LogP contribution < -0.4 is 10.1 Å². The van der Waals surface area contributed by atoms with Gasteiger partial charge in [0.05, 0.1) is 18.0 Å². The fourth-order valence-electron chi connectivity index (χ4n) is 3.59. The number of aryl methyl sites for hydroxylation is 1. The van der Waals surface area contributed by atoms with Gasteiger partial charge in [-0.1, -0.05) is 26.0 Å². The molecule has 184 valence electrons. The summed E-state index contributed by atoms with van der Waals surface area (Å²) in [6, 6.07) is 11.4. The zero-order valence-corrected chi connectivity index (χ0v) is 21.8. The van der Waals surface area contributed by atoms with E-state index in [1.54, 1.807) is 13.8 Å². The fourth-order valence-corrected chi connectivity index (χ4v) is 5.94. The summed E-state index contributed by atoms with van der Waals surface area (Å²) in [5.41, 5.74) is 3.13. The van der Waals surface area contributed by atoms with Crippen molar-refractivity contribution < 1.29 is 17.9 Å². The lowest BCUT2D eigenvalue weighted by Gasteiger charge is -2.14. The molecule has 35 heavy (non-hydrogen) atoms. The Balaban J connectivity index is 1.88. The molecule has 0 aliphatic rings. The predicted octanol–water partition coefficient (Wildman–Crippen LogP) is 4.32. The quantitative estimate of drug-likeness (QED) is 0.333. The number of carbonyl (C=O) groups excluding carboxylic acids is 1. The molecule has 0 aliphatic heterocycles. The summed E-state index contributed by atoms with van der Waals surface area (Å²) in [6.45, 7) is 9.82. The van der Waals surface area contributed by atoms with Crippen LogP contribution in [0.25, 0.3) is 11.8 Å². The summed E-state index contributed by atoms with van der Waals surface area (Å²) in [5, 5.41) is 11.8. The molecule has 1 amide bonds. The Kier molecular flexibility index (Phi) is 8.09. The highest BCUT2D eigenvalue weighted by Crippen LogP contribution is 2.29. The van der Waals surface area contributed by atoms with Gasteiger partial charge in [0.25, 0.3) is 11.1 Å². The van der Waals surface area contributed by atoms with Crippen molar-refractivity contribution >= 4 is 38.5 Å². The molecule has 3 rings (SSSR count). The Bertz CT molecular complexity index is 1410. The Labute approximate surface area is 209 Å². The third-order valence-electron chi connectivity index (χ3n) is 5.00. The third kappa shape index (κ3) is 5.96. The summed E-state index contributed by atoms with van der Waals surface area (Å²) < 4.78 is 36.3. The average molecular weight is 514 g/mol. The number of benzene rings is 1. The first-order valence-electron chi connectivity index (χ1n) is 11.0. The number of para-hydroxylation sites is 2. The molecule has 0 fully saturated rings. The van der Waals surface area contributed by atoms with E-state index in [1.165, 1.54) is 6.08 Å². The van der Waals surface area contributed by atoms with Crippen molar-refractivity contribution in [2.24, 2.45) is 5.92 Å². The van der Waals surface area contributed by atoms with Gasteiger partial charge in [-0.05, 0) is 56.5 Å². The second kappa shape index (κ2) is 10.8. The predicted molar refractivity (Wildman–Crippen MR) is 135 cm³/mol. The van der Waals surface area contributed by atoms with Gasteiger partial charge in [0.2, 0.25) is 15.0 Å². The summed E-state index contributed by atoms with van der Waals surface area (Å²) in [4.78, 5) is 16.7. The summed E-state index contributed by atoms with van der Waals surface area (Å²) in [6.07, 6.45) is 1.49. The Morgan fingerprint density at radius 1 is 1.31 bits per heavy atom. The van der Waals surface area contributed by atoms with Crippen molar-refractivity contribution in [2.75, 3.05) is 17.7 Å². The summed E-state index contributed by atoms with van der Waals surface area (Å²) >= 11 is 0.752. The van der Waals surface area contributed by atoms with Gasteiger partial charge < -0.3 is 9.30 Å². The number of hydrogen-bond acceptors (Lipinski definition) is 8. The normalized spacial score (nSPS) is 12.0. The van der Waals surface area contributed by atoms with Crippen LogP contribution in [0.4, 0.5) is 5.13 Å². The van der Waals surface area contributed by atoms with E-state index in [2.05, 4.69) is 14.7 Å². The molecule has 0 radical (unpaired) electrons. The van der Waals surface area contributed by atoms with Crippen molar-refractivity contribution in [3.8, 4) is 17.5 Å². The molecule has 9 nitrogen and oxygen atoms in total. The summed E-state index contributed by atoms with van der Waals surface area (Å²) in [5.74, 6) is -0.155. The largest absolute Gasteiger partial charge is 0.492 e. The molecule has 0 unspecified atom stereocenters. The van der Waals surface area contributed by atoms with Crippen molar-refractivity contribution in [3.63, 3.8) is 0 Å². The first-order chi connectivity index (χ1) is 16.6. The number of nitriles is 1. The maximum absolute atomic E-state index is 12.8. The first-order valence-corrected chi connectivity index (χ1v) is 13.4. The van der Waals surface area contributed by atoms with Crippen LogP contribution in [0.2, 0.25) is 0 Å². The topological polar surface area (TPSA) is 127 Å². The minimum Gasteiger partial charge on any atom is -0.492 e. The van der Waals surface area contributed by atoms with Crippen molar-refractivity contribution in [1.82, 2.24) is 13.9 Å². The lowest BCUT2D eigenvalue weighted by molar-refractivity contribution is -0.112. The number of ether oxygens (including phenoxy) is 1. The number of aromatic nitrogens is 3. The number of rotatable bonds is 9.